The fourth-order valence-corrected chi connectivity index (χ4v) is 1.81. The fraction of sp³-hybridized carbons (Fsp3) is 0.143. The molecule has 0 fully saturated rings. The molecule has 0 aliphatic rings. The lowest BCUT2D eigenvalue weighted by atomic mass is 10.1. The van der Waals surface area contributed by atoms with Gasteiger partial charge in [-0.25, -0.2) is 4.98 Å². The Hall–Kier alpha value is -3.16. The molecule has 1 amide bonds. The van der Waals surface area contributed by atoms with E-state index in [-0.39, 0.29) is 17.3 Å². The monoisotopic (exact) mass is 302 g/mol. The zero-order chi connectivity index (χ0) is 16.3. The predicted octanol–water partition coefficient (Wildman–Crippen LogP) is 2.63. The molecule has 114 valence electrons. The zero-order valence-electron chi connectivity index (χ0n) is 12.0. The summed E-state index contributed by atoms with van der Waals surface area (Å²) in [6.07, 6.45) is 1.48. The Bertz CT molecular complexity index is 746. The molecule has 0 atom stereocenters. The largest absolute Gasteiger partial charge is 0.457 e. The van der Waals surface area contributed by atoms with Gasteiger partial charge in [-0.2, -0.15) is 0 Å². The minimum Gasteiger partial charge on any atom is -0.457 e. The maximum absolute atomic E-state index is 11.0. The number of nitrogens with one attached hydrogen (secondary N) is 1. The van der Waals surface area contributed by atoms with Crippen LogP contribution < -0.4 is 15.8 Å². The van der Waals surface area contributed by atoms with Crippen molar-refractivity contribution in [2.24, 2.45) is 0 Å². The van der Waals surface area contributed by atoms with Crippen molar-refractivity contribution in [1.29, 1.82) is 0 Å². The van der Waals surface area contributed by atoms with Crippen LogP contribution >= 0.6 is 0 Å². The average Bonchev–Trinajstić information content (AvgIpc) is 2.43. The summed E-state index contributed by atoms with van der Waals surface area (Å²) in [7, 11) is 0. The highest BCUT2D eigenvalue weighted by molar-refractivity contribution is 5.87. The first-order valence-electron chi connectivity index (χ1n) is 6.33. The number of carbonyl (C=O) groups excluding carboxylic acids is 1. The van der Waals surface area contributed by atoms with Crippen molar-refractivity contribution in [3.63, 3.8) is 0 Å². The van der Waals surface area contributed by atoms with Crippen LogP contribution in [0.2, 0.25) is 0 Å². The first kappa shape index (κ1) is 15.2. The van der Waals surface area contributed by atoms with Gasteiger partial charge in [-0.15, -0.1) is 0 Å². The standard InChI is InChI=1S/C14H14N4O4/c1-8-12(4-3-11(14(8)15)18(20)21)22-10-5-6-16-13(7-10)17-9(2)19/h3-7H,15H2,1-2H3,(H,16,17,19). The van der Waals surface area contributed by atoms with Crippen molar-refractivity contribution < 1.29 is 14.5 Å². The van der Waals surface area contributed by atoms with E-state index in [4.69, 9.17) is 10.5 Å². The number of hydrogen-bond acceptors (Lipinski definition) is 6. The van der Waals surface area contributed by atoms with Crippen molar-refractivity contribution in [3.05, 3.63) is 46.1 Å². The van der Waals surface area contributed by atoms with Crippen LogP contribution in [0.4, 0.5) is 17.2 Å². The number of ether oxygens (including phenoxy) is 1. The molecule has 8 heteroatoms. The smallest absolute Gasteiger partial charge is 0.292 e. The summed E-state index contributed by atoms with van der Waals surface area (Å²) >= 11 is 0. The maximum Gasteiger partial charge on any atom is 0.292 e. The number of hydrogen-bond donors (Lipinski definition) is 2. The summed E-state index contributed by atoms with van der Waals surface area (Å²) in [5.41, 5.74) is 6.09. The van der Waals surface area contributed by atoms with Crippen LogP contribution in [0.25, 0.3) is 0 Å². The van der Waals surface area contributed by atoms with Crippen LogP contribution in [0.3, 0.4) is 0 Å². The first-order valence-corrected chi connectivity index (χ1v) is 6.33. The number of nitrogens with two attached hydrogens (primary N) is 1. The highest BCUT2D eigenvalue weighted by atomic mass is 16.6. The maximum atomic E-state index is 11.0. The molecule has 1 aromatic carbocycles. The van der Waals surface area contributed by atoms with Gasteiger partial charge in [0.25, 0.3) is 5.69 Å². The Kier molecular flexibility index (Phi) is 4.21. The lowest BCUT2D eigenvalue weighted by molar-refractivity contribution is -0.383. The summed E-state index contributed by atoms with van der Waals surface area (Å²) in [6.45, 7) is 3.00. The quantitative estimate of drug-likeness (QED) is 0.509. The zero-order valence-corrected chi connectivity index (χ0v) is 12.0. The normalized spacial score (nSPS) is 10.1. The Balaban J connectivity index is 2.30. The van der Waals surface area contributed by atoms with Crippen LogP contribution in [0, 0.1) is 17.0 Å². The van der Waals surface area contributed by atoms with E-state index in [0.29, 0.717) is 22.9 Å². The number of nitrogens with zero attached hydrogens (tertiary/aromatic N) is 2. The Morgan fingerprint density at radius 2 is 2.14 bits per heavy atom. The van der Waals surface area contributed by atoms with Gasteiger partial charge in [0.15, 0.2) is 0 Å². The van der Waals surface area contributed by atoms with Crippen LogP contribution in [0.15, 0.2) is 30.5 Å². The number of pyridine rings is 1. The van der Waals surface area contributed by atoms with Gasteiger partial charge in [0, 0.05) is 30.8 Å². The number of nitro benzene ring substituents is 1. The van der Waals surface area contributed by atoms with Crippen molar-refractivity contribution in [2.45, 2.75) is 13.8 Å². The van der Waals surface area contributed by atoms with Crippen molar-refractivity contribution >= 4 is 23.1 Å². The molecule has 0 saturated carbocycles. The third-order valence-corrected chi connectivity index (χ3v) is 2.90. The second-order valence-corrected chi connectivity index (χ2v) is 4.54. The van der Waals surface area contributed by atoms with Crippen molar-refractivity contribution in [3.8, 4) is 11.5 Å². The Labute approximate surface area is 126 Å². The van der Waals surface area contributed by atoms with E-state index in [2.05, 4.69) is 10.3 Å². The number of nitrogen functional groups attached to an aromatic ring is 1. The van der Waals surface area contributed by atoms with E-state index in [1.165, 1.54) is 25.3 Å². The molecule has 1 heterocycles. The minimum atomic E-state index is -0.548. The lowest BCUT2D eigenvalue weighted by Gasteiger charge is -2.11. The van der Waals surface area contributed by atoms with Gasteiger partial charge in [-0.3, -0.25) is 14.9 Å². The van der Waals surface area contributed by atoms with Gasteiger partial charge in [-0.05, 0) is 19.1 Å². The summed E-state index contributed by atoms with van der Waals surface area (Å²) < 4.78 is 5.65. The van der Waals surface area contributed by atoms with E-state index in [1.54, 1.807) is 19.1 Å². The third kappa shape index (κ3) is 3.29. The van der Waals surface area contributed by atoms with Gasteiger partial charge >= 0.3 is 0 Å². The first-order chi connectivity index (χ1) is 10.4. The number of anilines is 2. The summed E-state index contributed by atoms with van der Waals surface area (Å²) in [6, 6.07) is 5.90. The molecule has 3 N–H and O–H groups in total. The third-order valence-electron chi connectivity index (χ3n) is 2.90. The Morgan fingerprint density at radius 1 is 1.41 bits per heavy atom. The minimum absolute atomic E-state index is 0.0543. The molecule has 0 aliphatic heterocycles. The van der Waals surface area contributed by atoms with E-state index >= 15 is 0 Å². The predicted molar refractivity (Wildman–Crippen MR) is 80.9 cm³/mol. The molecule has 0 saturated heterocycles. The second-order valence-electron chi connectivity index (χ2n) is 4.54. The van der Waals surface area contributed by atoms with Gasteiger partial charge in [0.05, 0.1) is 4.92 Å². The fourth-order valence-electron chi connectivity index (χ4n) is 1.81. The molecule has 0 spiro atoms. The van der Waals surface area contributed by atoms with Crippen LogP contribution in [0.5, 0.6) is 11.5 Å². The number of amides is 1. The molecule has 0 unspecified atom stereocenters. The second kappa shape index (κ2) is 6.08. The topological polar surface area (TPSA) is 120 Å². The van der Waals surface area contributed by atoms with E-state index < -0.39 is 4.92 Å². The van der Waals surface area contributed by atoms with Gasteiger partial charge in [-0.1, -0.05) is 0 Å². The number of carbonyl (C=O) groups is 1. The number of benzene rings is 1. The number of rotatable bonds is 4. The lowest BCUT2D eigenvalue weighted by Crippen LogP contribution is -2.07. The molecule has 2 aromatic rings. The van der Waals surface area contributed by atoms with Crippen LogP contribution in [-0.2, 0) is 4.79 Å². The number of aromatic nitrogens is 1. The van der Waals surface area contributed by atoms with Crippen LogP contribution in [0.1, 0.15) is 12.5 Å². The summed E-state index contributed by atoms with van der Waals surface area (Å²) in [4.78, 5) is 25.3. The molecule has 0 radical (unpaired) electrons. The molecule has 8 nitrogen and oxygen atoms in total. The molecule has 1 aromatic heterocycles. The highest BCUT2D eigenvalue weighted by Gasteiger charge is 2.16. The summed E-state index contributed by atoms with van der Waals surface area (Å²) in [5, 5.41) is 13.4. The SMILES string of the molecule is CC(=O)Nc1cc(Oc2ccc([N+](=O)[O-])c(N)c2C)ccn1. The Morgan fingerprint density at radius 3 is 2.77 bits per heavy atom. The van der Waals surface area contributed by atoms with E-state index in [0.717, 1.165) is 0 Å². The molecular weight excluding hydrogens is 288 g/mol. The van der Waals surface area contributed by atoms with Gasteiger partial charge in [0.1, 0.15) is 23.0 Å². The van der Waals surface area contributed by atoms with Crippen molar-refractivity contribution in [1.82, 2.24) is 4.98 Å². The molecular formula is C14H14N4O4. The van der Waals surface area contributed by atoms with Crippen LogP contribution in [-0.4, -0.2) is 15.8 Å². The molecule has 2 rings (SSSR count). The molecule has 22 heavy (non-hydrogen) atoms. The highest BCUT2D eigenvalue weighted by Crippen LogP contribution is 2.34. The number of nitro groups is 1. The van der Waals surface area contributed by atoms with E-state index in [9.17, 15) is 14.9 Å². The van der Waals surface area contributed by atoms with Gasteiger partial charge < -0.3 is 15.8 Å². The van der Waals surface area contributed by atoms with E-state index in [1.807, 2.05) is 0 Å². The molecule has 0 aliphatic carbocycles. The molecule has 0 bridgehead atoms. The van der Waals surface area contributed by atoms with Gasteiger partial charge in [0.2, 0.25) is 5.91 Å². The average molecular weight is 302 g/mol. The van der Waals surface area contributed by atoms with Crippen molar-refractivity contribution in [2.75, 3.05) is 11.1 Å². The summed E-state index contributed by atoms with van der Waals surface area (Å²) in [5.74, 6) is 0.913.